The highest BCUT2D eigenvalue weighted by molar-refractivity contribution is 5.77. The minimum Gasteiger partial charge on any atom is -0.504 e. The number of anilines is 1. The van der Waals surface area contributed by atoms with Crippen molar-refractivity contribution in [2.45, 2.75) is 12.5 Å². The zero-order valence-electron chi connectivity index (χ0n) is 10.5. The lowest BCUT2D eigenvalue weighted by atomic mass is 10.1. The molecule has 1 aromatic heterocycles. The molecule has 0 aliphatic heterocycles. The molecule has 0 bridgehead atoms. The summed E-state index contributed by atoms with van der Waals surface area (Å²) >= 11 is 0. The molecule has 2 aromatic rings. The zero-order valence-corrected chi connectivity index (χ0v) is 10.5. The molecule has 6 heteroatoms. The molecule has 0 saturated heterocycles. The smallest absolute Gasteiger partial charge is 0.326 e. The van der Waals surface area contributed by atoms with Crippen molar-refractivity contribution in [1.29, 1.82) is 0 Å². The predicted octanol–water partition coefficient (Wildman–Crippen LogP) is 1.60. The Labute approximate surface area is 115 Å². The van der Waals surface area contributed by atoms with Crippen LogP contribution in [0.25, 0.3) is 0 Å². The molecule has 0 fully saturated rings. The summed E-state index contributed by atoms with van der Waals surface area (Å²) in [6.07, 6.45) is 1.72. The number of aromatic hydroxyl groups is 2. The van der Waals surface area contributed by atoms with Gasteiger partial charge >= 0.3 is 5.97 Å². The summed E-state index contributed by atoms with van der Waals surface area (Å²) in [7, 11) is 0. The summed E-state index contributed by atoms with van der Waals surface area (Å²) in [5.41, 5.74) is 0.594. The van der Waals surface area contributed by atoms with Crippen molar-refractivity contribution < 1.29 is 20.1 Å². The number of pyridine rings is 1. The number of benzene rings is 1. The Morgan fingerprint density at radius 3 is 2.60 bits per heavy atom. The maximum atomic E-state index is 11.3. The average Bonchev–Trinajstić information content (AvgIpc) is 2.43. The van der Waals surface area contributed by atoms with Gasteiger partial charge in [-0.1, -0.05) is 12.1 Å². The molecule has 0 saturated carbocycles. The van der Waals surface area contributed by atoms with E-state index in [1.54, 1.807) is 30.5 Å². The Kier molecular flexibility index (Phi) is 4.05. The van der Waals surface area contributed by atoms with Gasteiger partial charge in [0, 0.05) is 12.6 Å². The van der Waals surface area contributed by atoms with E-state index in [1.807, 2.05) is 0 Å². The highest BCUT2D eigenvalue weighted by Gasteiger charge is 2.18. The number of aromatic nitrogens is 1. The quantitative estimate of drug-likeness (QED) is 0.618. The monoisotopic (exact) mass is 274 g/mol. The number of hydrogen-bond acceptors (Lipinski definition) is 5. The molecule has 1 heterocycles. The van der Waals surface area contributed by atoms with Crippen LogP contribution in [0.4, 0.5) is 5.82 Å². The van der Waals surface area contributed by atoms with E-state index in [-0.39, 0.29) is 17.9 Å². The van der Waals surface area contributed by atoms with E-state index in [2.05, 4.69) is 10.3 Å². The molecule has 4 N–H and O–H groups in total. The summed E-state index contributed by atoms with van der Waals surface area (Å²) in [6.45, 7) is 0. The van der Waals surface area contributed by atoms with Gasteiger partial charge in [-0.15, -0.1) is 0 Å². The number of rotatable bonds is 5. The molecule has 0 unspecified atom stereocenters. The number of carboxylic acids is 1. The first-order valence-electron chi connectivity index (χ1n) is 5.97. The number of hydrogen-bond donors (Lipinski definition) is 4. The van der Waals surface area contributed by atoms with E-state index in [0.717, 1.165) is 0 Å². The molecule has 2 rings (SSSR count). The Bertz CT molecular complexity index is 601. The Morgan fingerprint density at radius 1 is 1.20 bits per heavy atom. The van der Waals surface area contributed by atoms with Crippen LogP contribution in [0.1, 0.15) is 5.56 Å². The maximum Gasteiger partial charge on any atom is 0.326 e. The number of aliphatic carboxylic acids is 1. The summed E-state index contributed by atoms with van der Waals surface area (Å²) in [6, 6.07) is 8.50. The molecule has 1 atom stereocenters. The van der Waals surface area contributed by atoms with Gasteiger partial charge < -0.3 is 20.6 Å². The molecular weight excluding hydrogens is 260 g/mol. The van der Waals surface area contributed by atoms with Gasteiger partial charge in [-0.25, -0.2) is 9.78 Å². The summed E-state index contributed by atoms with van der Waals surface area (Å²) in [4.78, 5) is 15.3. The molecule has 20 heavy (non-hydrogen) atoms. The number of carbonyl (C=O) groups is 1. The first-order valence-corrected chi connectivity index (χ1v) is 5.97. The van der Waals surface area contributed by atoms with E-state index >= 15 is 0 Å². The standard InChI is InChI=1S/C14H14N2O4/c17-11-5-4-9(8-12(11)18)7-10(14(19)20)16-13-3-1-2-6-15-13/h1-6,8,10,17-18H,7H2,(H,15,16)(H,19,20)/t10-/m0/s1. The Balaban J connectivity index is 2.13. The van der Waals surface area contributed by atoms with Crippen molar-refractivity contribution in [3.05, 3.63) is 48.2 Å². The van der Waals surface area contributed by atoms with E-state index in [4.69, 9.17) is 0 Å². The van der Waals surface area contributed by atoms with Crippen LogP contribution < -0.4 is 5.32 Å². The summed E-state index contributed by atoms with van der Waals surface area (Å²) in [5, 5.41) is 30.7. The third-order valence-corrected chi connectivity index (χ3v) is 2.76. The van der Waals surface area contributed by atoms with Crippen molar-refractivity contribution in [3.63, 3.8) is 0 Å². The highest BCUT2D eigenvalue weighted by atomic mass is 16.4. The first-order chi connectivity index (χ1) is 9.56. The van der Waals surface area contributed by atoms with Crippen LogP contribution in [-0.2, 0) is 11.2 Å². The first kappa shape index (κ1) is 13.7. The van der Waals surface area contributed by atoms with Gasteiger partial charge in [-0.05, 0) is 29.8 Å². The van der Waals surface area contributed by atoms with Gasteiger partial charge in [-0.2, -0.15) is 0 Å². The lowest BCUT2D eigenvalue weighted by molar-refractivity contribution is -0.137. The molecule has 0 radical (unpaired) electrons. The summed E-state index contributed by atoms with van der Waals surface area (Å²) in [5.74, 6) is -1.08. The SMILES string of the molecule is O=C(O)[C@H](Cc1ccc(O)c(O)c1)Nc1ccccn1. The Morgan fingerprint density at radius 2 is 2.00 bits per heavy atom. The lowest BCUT2D eigenvalue weighted by Crippen LogP contribution is -2.31. The molecule has 104 valence electrons. The molecule has 1 aromatic carbocycles. The Hall–Kier alpha value is -2.76. The average molecular weight is 274 g/mol. The number of nitrogens with zero attached hydrogens (tertiary/aromatic N) is 1. The fraction of sp³-hybridized carbons (Fsp3) is 0.143. The highest BCUT2D eigenvalue weighted by Crippen LogP contribution is 2.25. The largest absolute Gasteiger partial charge is 0.504 e. The van der Waals surface area contributed by atoms with Crippen molar-refractivity contribution in [2.24, 2.45) is 0 Å². The second-order valence-corrected chi connectivity index (χ2v) is 4.28. The lowest BCUT2D eigenvalue weighted by Gasteiger charge is -2.15. The molecule has 0 aliphatic carbocycles. The van der Waals surface area contributed by atoms with E-state index < -0.39 is 12.0 Å². The fourth-order valence-corrected chi connectivity index (χ4v) is 1.76. The van der Waals surface area contributed by atoms with Gasteiger partial charge in [0.15, 0.2) is 11.5 Å². The van der Waals surface area contributed by atoms with Crippen molar-refractivity contribution in [2.75, 3.05) is 5.32 Å². The van der Waals surface area contributed by atoms with Gasteiger partial charge in [-0.3, -0.25) is 0 Å². The molecular formula is C14H14N2O4. The normalized spacial score (nSPS) is 11.8. The van der Waals surface area contributed by atoms with Crippen LogP contribution >= 0.6 is 0 Å². The topological polar surface area (TPSA) is 103 Å². The van der Waals surface area contributed by atoms with Crippen LogP contribution in [0.5, 0.6) is 11.5 Å². The van der Waals surface area contributed by atoms with E-state index in [0.29, 0.717) is 11.4 Å². The zero-order chi connectivity index (χ0) is 14.5. The molecule has 0 amide bonds. The number of phenolic OH excluding ortho intramolecular Hbond substituents is 2. The second kappa shape index (κ2) is 5.92. The molecule has 0 aliphatic rings. The van der Waals surface area contributed by atoms with Crippen LogP contribution in [-0.4, -0.2) is 32.3 Å². The van der Waals surface area contributed by atoms with E-state index in [9.17, 15) is 20.1 Å². The maximum absolute atomic E-state index is 11.3. The van der Waals surface area contributed by atoms with Gasteiger partial charge in [0.2, 0.25) is 0 Å². The van der Waals surface area contributed by atoms with Crippen LogP contribution in [0.3, 0.4) is 0 Å². The number of carboxylic acid groups (broad SMARTS) is 1. The minimum absolute atomic E-state index is 0.153. The van der Waals surface area contributed by atoms with Crippen LogP contribution in [0.15, 0.2) is 42.6 Å². The third-order valence-electron chi connectivity index (χ3n) is 2.76. The third kappa shape index (κ3) is 3.38. The fourth-order valence-electron chi connectivity index (χ4n) is 1.76. The molecule has 6 nitrogen and oxygen atoms in total. The number of phenols is 2. The predicted molar refractivity (Wildman–Crippen MR) is 72.8 cm³/mol. The van der Waals surface area contributed by atoms with Crippen molar-refractivity contribution in [1.82, 2.24) is 4.98 Å². The van der Waals surface area contributed by atoms with E-state index in [1.165, 1.54) is 12.1 Å². The number of nitrogens with one attached hydrogen (secondary N) is 1. The molecule has 0 spiro atoms. The summed E-state index contributed by atoms with van der Waals surface area (Å²) < 4.78 is 0. The van der Waals surface area contributed by atoms with Gasteiger partial charge in [0.1, 0.15) is 11.9 Å². The van der Waals surface area contributed by atoms with Crippen molar-refractivity contribution >= 4 is 11.8 Å². The van der Waals surface area contributed by atoms with Gasteiger partial charge in [0.05, 0.1) is 0 Å². The van der Waals surface area contributed by atoms with Crippen LogP contribution in [0.2, 0.25) is 0 Å². The minimum atomic E-state index is -1.02. The second-order valence-electron chi connectivity index (χ2n) is 4.28. The van der Waals surface area contributed by atoms with Crippen LogP contribution in [0, 0.1) is 0 Å². The van der Waals surface area contributed by atoms with Crippen molar-refractivity contribution in [3.8, 4) is 11.5 Å². The van der Waals surface area contributed by atoms with Gasteiger partial charge in [0.25, 0.3) is 0 Å².